The first-order valence-corrected chi connectivity index (χ1v) is 9.92. The van der Waals surface area contributed by atoms with Gasteiger partial charge in [-0.05, 0) is 35.4 Å². The molecule has 7 heteroatoms. The van der Waals surface area contributed by atoms with E-state index in [-0.39, 0.29) is 12.2 Å². The van der Waals surface area contributed by atoms with Gasteiger partial charge in [0.1, 0.15) is 24.0 Å². The highest BCUT2D eigenvalue weighted by Gasteiger charge is 2.29. The van der Waals surface area contributed by atoms with Crippen LogP contribution in [0.4, 0.5) is 8.78 Å². The number of nitrogens with one attached hydrogen (secondary N) is 1. The average Bonchev–Trinajstić information content (AvgIpc) is 3.21. The van der Waals surface area contributed by atoms with Gasteiger partial charge in [0, 0.05) is 29.6 Å². The lowest BCUT2D eigenvalue weighted by atomic mass is 9.91. The number of rotatable bonds is 8. The van der Waals surface area contributed by atoms with E-state index in [1.165, 1.54) is 6.20 Å². The predicted molar refractivity (Wildman–Crippen MR) is 115 cm³/mol. The van der Waals surface area contributed by atoms with E-state index in [9.17, 15) is 23.5 Å². The van der Waals surface area contributed by atoms with Crippen molar-refractivity contribution in [3.63, 3.8) is 0 Å². The number of carboxylic acid groups (broad SMARTS) is 1. The number of hydrogen-bond donors (Lipinski definition) is 2. The van der Waals surface area contributed by atoms with Crippen LogP contribution in [-0.4, -0.2) is 21.8 Å². The number of aromatic amines is 1. The largest absolute Gasteiger partial charge is 0.488 e. The Labute approximate surface area is 182 Å². The third kappa shape index (κ3) is 4.37. The number of carbonyl (C=O) groups excluding carboxylic acids is 1. The lowest BCUT2D eigenvalue weighted by molar-refractivity contribution is -0.138. The lowest BCUT2D eigenvalue weighted by Gasteiger charge is -2.14. The highest BCUT2D eigenvalue weighted by atomic mass is 19.1. The Kier molecular flexibility index (Phi) is 5.98. The zero-order valence-electron chi connectivity index (χ0n) is 16.8. The summed E-state index contributed by atoms with van der Waals surface area (Å²) in [6.07, 6.45) is 1.03. The monoisotopic (exact) mass is 435 g/mol. The number of ketones is 1. The van der Waals surface area contributed by atoms with Gasteiger partial charge >= 0.3 is 5.97 Å². The molecule has 0 saturated heterocycles. The summed E-state index contributed by atoms with van der Waals surface area (Å²) in [6, 6.07) is 17.4. The Morgan fingerprint density at radius 1 is 1.00 bits per heavy atom. The van der Waals surface area contributed by atoms with Crippen LogP contribution in [0.1, 0.15) is 33.8 Å². The second-order valence-electron chi connectivity index (χ2n) is 7.34. The molecule has 32 heavy (non-hydrogen) atoms. The van der Waals surface area contributed by atoms with Gasteiger partial charge in [0.25, 0.3) is 0 Å². The minimum atomic E-state index is -1.25. The number of Topliss-reactive ketones (excluding diaryl/α,β-unsaturated/α-hetero) is 1. The minimum Gasteiger partial charge on any atom is -0.488 e. The molecule has 0 aliphatic rings. The second kappa shape index (κ2) is 9.01. The van der Waals surface area contributed by atoms with Gasteiger partial charge in [-0.2, -0.15) is 0 Å². The summed E-state index contributed by atoms with van der Waals surface area (Å²) < 4.78 is 33.2. The van der Waals surface area contributed by atoms with Gasteiger partial charge in [-0.3, -0.25) is 9.59 Å². The molecule has 1 heterocycles. The smallest absolute Gasteiger partial charge is 0.311 e. The summed E-state index contributed by atoms with van der Waals surface area (Å²) in [5, 5.41) is 10.4. The normalized spacial score (nSPS) is 11.9. The van der Waals surface area contributed by atoms with Crippen LogP contribution in [-0.2, 0) is 11.4 Å². The van der Waals surface area contributed by atoms with E-state index >= 15 is 0 Å². The number of carboxylic acids is 1. The Morgan fingerprint density at radius 2 is 1.78 bits per heavy atom. The molecule has 0 amide bonds. The molecule has 0 saturated carbocycles. The van der Waals surface area contributed by atoms with E-state index in [4.69, 9.17) is 4.74 Å². The van der Waals surface area contributed by atoms with E-state index in [1.807, 2.05) is 30.3 Å². The molecule has 0 spiro atoms. The first-order valence-electron chi connectivity index (χ1n) is 9.92. The fraction of sp³-hybridized carbons (Fsp3) is 0.120. The van der Waals surface area contributed by atoms with Crippen LogP contribution in [0.25, 0.3) is 10.9 Å². The van der Waals surface area contributed by atoms with Crippen molar-refractivity contribution in [3.8, 4) is 5.75 Å². The van der Waals surface area contributed by atoms with Crippen molar-refractivity contribution in [1.29, 1.82) is 0 Å². The molecule has 0 fully saturated rings. The van der Waals surface area contributed by atoms with Crippen molar-refractivity contribution in [2.24, 2.45) is 0 Å². The fourth-order valence-corrected chi connectivity index (χ4v) is 3.65. The van der Waals surface area contributed by atoms with E-state index in [0.29, 0.717) is 28.3 Å². The molecule has 4 aromatic rings. The molecule has 0 aliphatic heterocycles. The number of halogens is 2. The van der Waals surface area contributed by atoms with E-state index in [0.717, 1.165) is 17.7 Å². The number of fused-ring (bicyclic) bond motifs is 1. The van der Waals surface area contributed by atoms with Crippen LogP contribution < -0.4 is 4.74 Å². The van der Waals surface area contributed by atoms with Gasteiger partial charge in [0.15, 0.2) is 5.78 Å². The maximum Gasteiger partial charge on any atom is 0.311 e. The summed E-state index contributed by atoms with van der Waals surface area (Å²) in [6.45, 7) is 0.280. The first kappa shape index (κ1) is 21.2. The highest BCUT2D eigenvalue weighted by molar-refractivity contribution is 6.01. The van der Waals surface area contributed by atoms with Crippen LogP contribution in [0.2, 0.25) is 0 Å². The molecule has 162 valence electrons. The molecule has 3 aromatic carbocycles. The number of benzene rings is 3. The summed E-state index contributed by atoms with van der Waals surface area (Å²) in [5.41, 5.74) is 1.60. The number of aromatic nitrogens is 1. The van der Waals surface area contributed by atoms with Gasteiger partial charge in [0.2, 0.25) is 0 Å². The average molecular weight is 435 g/mol. The molecule has 1 aromatic heterocycles. The van der Waals surface area contributed by atoms with Gasteiger partial charge in [-0.1, -0.05) is 36.4 Å². The number of hydrogen-bond acceptors (Lipinski definition) is 3. The Hall–Kier alpha value is -4.00. The Balaban J connectivity index is 1.66. The van der Waals surface area contributed by atoms with Crippen molar-refractivity contribution >= 4 is 22.7 Å². The Morgan fingerprint density at radius 3 is 2.50 bits per heavy atom. The first-order chi connectivity index (χ1) is 15.4. The van der Waals surface area contributed by atoms with Crippen molar-refractivity contribution in [2.45, 2.75) is 18.9 Å². The van der Waals surface area contributed by atoms with Crippen LogP contribution in [0.15, 0.2) is 72.9 Å². The fourth-order valence-electron chi connectivity index (χ4n) is 3.65. The van der Waals surface area contributed by atoms with Crippen molar-refractivity contribution in [3.05, 3.63) is 101 Å². The quantitative estimate of drug-likeness (QED) is 0.360. The standard InChI is InChI=1S/C25H19F2NO4/c26-16-9-10-17(20(27)11-16)22(29)12-18(25(30)31)19-13-28-21-7-4-8-23(24(19)21)32-14-15-5-2-1-3-6-15/h1-11,13,18,28H,12,14H2,(H,30,31). The predicted octanol–water partition coefficient (Wildman–Crippen LogP) is 5.47. The Bertz CT molecular complexity index is 1280. The van der Waals surface area contributed by atoms with Crippen LogP contribution >= 0.6 is 0 Å². The zero-order valence-corrected chi connectivity index (χ0v) is 16.8. The zero-order chi connectivity index (χ0) is 22.7. The molecule has 0 aliphatic carbocycles. The van der Waals surface area contributed by atoms with E-state index in [2.05, 4.69) is 4.98 Å². The van der Waals surface area contributed by atoms with Gasteiger partial charge in [0.05, 0.1) is 11.5 Å². The summed E-state index contributed by atoms with van der Waals surface area (Å²) in [5.74, 6) is -4.58. The second-order valence-corrected chi connectivity index (χ2v) is 7.34. The van der Waals surface area contributed by atoms with Crippen molar-refractivity contribution < 1.29 is 28.2 Å². The SMILES string of the molecule is O=C(CC(C(=O)O)c1c[nH]c2cccc(OCc3ccccc3)c12)c1ccc(F)cc1F. The molecule has 1 atom stereocenters. The number of aliphatic carboxylic acids is 1. The van der Waals surface area contributed by atoms with Crippen LogP contribution in [0.5, 0.6) is 5.75 Å². The van der Waals surface area contributed by atoms with Crippen molar-refractivity contribution in [2.75, 3.05) is 0 Å². The summed E-state index contributed by atoms with van der Waals surface area (Å²) in [4.78, 5) is 27.7. The van der Waals surface area contributed by atoms with E-state index in [1.54, 1.807) is 18.2 Å². The molecule has 0 bridgehead atoms. The third-order valence-electron chi connectivity index (χ3n) is 5.23. The summed E-state index contributed by atoms with van der Waals surface area (Å²) in [7, 11) is 0. The molecule has 2 N–H and O–H groups in total. The van der Waals surface area contributed by atoms with E-state index < -0.39 is 35.7 Å². The molecule has 4 rings (SSSR count). The highest BCUT2D eigenvalue weighted by Crippen LogP contribution is 2.36. The molecule has 5 nitrogen and oxygen atoms in total. The van der Waals surface area contributed by atoms with Crippen molar-refractivity contribution in [1.82, 2.24) is 4.98 Å². The van der Waals surface area contributed by atoms with Gasteiger partial charge < -0.3 is 14.8 Å². The van der Waals surface area contributed by atoms with Gasteiger partial charge in [-0.25, -0.2) is 8.78 Å². The molecular weight excluding hydrogens is 416 g/mol. The van der Waals surface area contributed by atoms with Crippen LogP contribution in [0.3, 0.4) is 0 Å². The number of ether oxygens (including phenoxy) is 1. The van der Waals surface area contributed by atoms with Crippen LogP contribution in [0, 0.1) is 11.6 Å². The topological polar surface area (TPSA) is 79.4 Å². The minimum absolute atomic E-state index is 0.280. The number of H-pyrrole nitrogens is 1. The molecular formula is C25H19F2NO4. The maximum absolute atomic E-state index is 14.0. The maximum atomic E-state index is 14.0. The lowest BCUT2D eigenvalue weighted by Crippen LogP contribution is -2.17. The summed E-state index contributed by atoms with van der Waals surface area (Å²) >= 11 is 0. The third-order valence-corrected chi connectivity index (χ3v) is 5.23. The van der Waals surface area contributed by atoms with Gasteiger partial charge in [-0.15, -0.1) is 0 Å². The molecule has 1 unspecified atom stereocenters. The number of carbonyl (C=O) groups is 2. The molecule has 0 radical (unpaired) electrons.